The molecule has 5 heteroatoms. The number of hydrogen-bond donors (Lipinski definition) is 1. The number of nitrogens with two attached hydrogens (primary N) is 1. The first kappa shape index (κ1) is 12.6. The number of nitrogens with zero attached hydrogens (tertiary/aromatic N) is 2. The highest BCUT2D eigenvalue weighted by Gasteiger charge is 2.24. The molecule has 0 amide bonds. The minimum Gasteiger partial charge on any atom is -0.356 e. The molecule has 0 aliphatic carbocycles. The summed E-state index contributed by atoms with van der Waals surface area (Å²) < 4.78 is 18.2. The number of fused-ring (bicyclic) bond motifs is 1. The number of benzene rings is 1. The molecule has 1 aromatic heterocycles. The number of aryl methyl sites for hydroxylation is 1. The second-order valence-electron chi connectivity index (χ2n) is 5.23. The second kappa shape index (κ2) is 5.27. The SMILES string of the molecule is NCC1CN(CCCc2noc3cc(F)ccc23)C1. The van der Waals surface area contributed by atoms with Gasteiger partial charge in [0.2, 0.25) is 0 Å². The van der Waals surface area contributed by atoms with Crippen molar-refractivity contribution in [3.63, 3.8) is 0 Å². The van der Waals surface area contributed by atoms with Gasteiger partial charge in [0.1, 0.15) is 5.82 Å². The predicted molar refractivity (Wildman–Crippen MR) is 71.3 cm³/mol. The molecule has 0 unspecified atom stereocenters. The van der Waals surface area contributed by atoms with Crippen LogP contribution in [0.1, 0.15) is 12.1 Å². The fourth-order valence-electron chi connectivity index (χ4n) is 2.62. The standard InChI is InChI=1S/C14H18FN3O/c15-11-3-4-12-13(17-19-14(12)6-11)2-1-5-18-8-10(7-16)9-18/h3-4,6,10H,1-2,5,7-9,16H2. The van der Waals surface area contributed by atoms with Crippen LogP contribution in [0.25, 0.3) is 11.0 Å². The maximum absolute atomic E-state index is 13.0. The first-order valence-electron chi connectivity index (χ1n) is 6.72. The molecule has 1 saturated heterocycles. The quantitative estimate of drug-likeness (QED) is 0.893. The van der Waals surface area contributed by atoms with Gasteiger partial charge in [-0.1, -0.05) is 5.16 Å². The van der Waals surface area contributed by atoms with Crippen molar-refractivity contribution in [1.29, 1.82) is 0 Å². The van der Waals surface area contributed by atoms with E-state index in [9.17, 15) is 4.39 Å². The summed E-state index contributed by atoms with van der Waals surface area (Å²) in [6.07, 6.45) is 1.90. The summed E-state index contributed by atoms with van der Waals surface area (Å²) in [7, 11) is 0. The van der Waals surface area contributed by atoms with Crippen molar-refractivity contribution in [3.8, 4) is 0 Å². The van der Waals surface area contributed by atoms with Crippen molar-refractivity contribution < 1.29 is 8.91 Å². The van der Waals surface area contributed by atoms with Crippen LogP contribution < -0.4 is 5.73 Å². The lowest BCUT2D eigenvalue weighted by atomic mass is 10.00. The predicted octanol–water partition coefficient (Wildman–Crippen LogP) is 1.79. The van der Waals surface area contributed by atoms with Crippen molar-refractivity contribution >= 4 is 11.0 Å². The van der Waals surface area contributed by atoms with Gasteiger partial charge in [0.05, 0.1) is 5.69 Å². The van der Waals surface area contributed by atoms with Crippen LogP contribution in [0, 0.1) is 11.7 Å². The number of hydrogen-bond acceptors (Lipinski definition) is 4. The van der Waals surface area contributed by atoms with E-state index in [0.29, 0.717) is 11.5 Å². The lowest BCUT2D eigenvalue weighted by Crippen LogP contribution is -2.50. The van der Waals surface area contributed by atoms with Gasteiger partial charge in [-0.25, -0.2) is 4.39 Å². The fraction of sp³-hybridized carbons (Fsp3) is 0.500. The fourth-order valence-corrected chi connectivity index (χ4v) is 2.62. The van der Waals surface area contributed by atoms with E-state index in [0.717, 1.165) is 50.1 Å². The summed E-state index contributed by atoms with van der Waals surface area (Å²) in [6, 6.07) is 4.57. The Morgan fingerprint density at radius 3 is 3.05 bits per heavy atom. The molecule has 2 N–H and O–H groups in total. The zero-order chi connectivity index (χ0) is 13.2. The van der Waals surface area contributed by atoms with E-state index < -0.39 is 0 Å². The summed E-state index contributed by atoms with van der Waals surface area (Å²) in [5.41, 5.74) is 7.05. The van der Waals surface area contributed by atoms with Gasteiger partial charge in [-0.3, -0.25) is 0 Å². The van der Waals surface area contributed by atoms with Crippen molar-refractivity contribution in [2.45, 2.75) is 12.8 Å². The third-order valence-corrected chi connectivity index (χ3v) is 3.76. The van der Waals surface area contributed by atoms with E-state index in [2.05, 4.69) is 10.1 Å². The lowest BCUT2D eigenvalue weighted by Gasteiger charge is -2.38. The Bertz CT molecular complexity index is 563. The van der Waals surface area contributed by atoms with Gasteiger partial charge in [-0.2, -0.15) is 0 Å². The number of halogens is 1. The maximum Gasteiger partial charge on any atom is 0.170 e. The van der Waals surface area contributed by atoms with E-state index in [-0.39, 0.29) is 5.82 Å². The third kappa shape index (κ3) is 2.62. The molecule has 1 aliphatic rings. The van der Waals surface area contributed by atoms with Gasteiger partial charge in [0, 0.05) is 24.5 Å². The van der Waals surface area contributed by atoms with E-state index in [4.69, 9.17) is 10.3 Å². The molecule has 0 spiro atoms. The molecule has 0 bridgehead atoms. The summed E-state index contributed by atoms with van der Waals surface area (Å²) in [5.74, 6) is 0.388. The molecular formula is C14H18FN3O. The van der Waals surface area contributed by atoms with Crippen molar-refractivity contribution in [1.82, 2.24) is 10.1 Å². The Hall–Kier alpha value is -1.46. The van der Waals surface area contributed by atoms with Gasteiger partial charge in [0.25, 0.3) is 0 Å². The summed E-state index contributed by atoms with van der Waals surface area (Å²) >= 11 is 0. The van der Waals surface area contributed by atoms with Crippen molar-refractivity contribution in [3.05, 3.63) is 29.7 Å². The Labute approximate surface area is 111 Å². The Kier molecular flexibility index (Phi) is 3.48. The highest BCUT2D eigenvalue weighted by Crippen LogP contribution is 2.21. The molecule has 2 heterocycles. The Morgan fingerprint density at radius 2 is 2.26 bits per heavy atom. The summed E-state index contributed by atoms with van der Waals surface area (Å²) in [5, 5.41) is 4.95. The average Bonchev–Trinajstić information content (AvgIpc) is 2.74. The molecule has 1 aliphatic heterocycles. The molecule has 4 nitrogen and oxygen atoms in total. The highest BCUT2D eigenvalue weighted by molar-refractivity contribution is 5.79. The minimum absolute atomic E-state index is 0.288. The Balaban J connectivity index is 1.54. The maximum atomic E-state index is 13.0. The van der Waals surface area contributed by atoms with Crippen LogP contribution in [-0.2, 0) is 6.42 Å². The van der Waals surface area contributed by atoms with Crippen molar-refractivity contribution in [2.24, 2.45) is 11.7 Å². The zero-order valence-electron chi connectivity index (χ0n) is 10.8. The molecule has 102 valence electrons. The highest BCUT2D eigenvalue weighted by atomic mass is 19.1. The number of rotatable bonds is 5. The lowest BCUT2D eigenvalue weighted by molar-refractivity contribution is 0.105. The Morgan fingerprint density at radius 1 is 1.42 bits per heavy atom. The minimum atomic E-state index is -0.288. The smallest absolute Gasteiger partial charge is 0.170 e. The summed E-state index contributed by atoms with van der Waals surface area (Å²) in [6.45, 7) is 4.07. The third-order valence-electron chi connectivity index (χ3n) is 3.76. The number of likely N-dealkylation sites (tertiary alicyclic amines) is 1. The summed E-state index contributed by atoms with van der Waals surface area (Å²) in [4.78, 5) is 2.40. The largest absolute Gasteiger partial charge is 0.356 e. The molecule has 2 aromatic rings. The average molecular weight is 263 g/mol. The van der Waals surface area contributed by atoms with Crippen LogP contribution in [-0.4, -0.2) is 36.2 Å². The van der Waals surface area contributed by atoms with E-state index in [1.54, 1.807) is 6.07 Å². The first-order valence-corrected chi connectivity index (χ1v) is 6.72. The van der Waals surface area contributed by atoms with Crippen LogP contribution >= 0.6 is 0 Å². The van der Waals surface area contributed by atoms with Gasteiger partial charge in [0.15, 0.2) is 5.58 Å². The molecule has 1 fully saturated rings. The van der Waals surface area contributed by atoms with E-state index in [1.807, 2.05) is 0 Å². The molecule has 0 saturated carbocycles. The van der Waals surface area contributed by atoms with Crippen LogP contribution in [0.5, 0.6) is 0 Å². The second-order valence-corrected chi connectivity index (χ2v) is 5.23. The van der Waals surface area contributed by atoms with Crippen LogP contribution in [0.3, 0.4) is 0 Å². The van der Waals surface area contributed by atoms with Crippen molar-refractivity contribution in [2.75, 3.05) is 26.2 Å². The van der Waals surface area contributed by atoms with Crippen LogP contribution in [0.15, 0.2) is 22.7 Å². The van der Waals surface area contributed by atoms with Gasteiger partial charge in [-0.05, 0) is 44.0 Å². The molecule has 19 heavy (non-hydrogen) atoms. The molecule has 1 aromatic carbocycles. The van der Waals surface area contributed by atoms with Gasteiger partial charge < -0.3 is 15.2 Å². The monoisotopic (exact) mass is 263 g/mol. The van der Waals surface area contributed by atoms with Gasteiger partial charge in [-0.15, -0.1) is 0 Å². The topological polar surface area (TPSA) is 55.3 Å². The zero-order valence-corrected chi connectivity index (χ0v) is 10.8. The molecule has 0 atom stereocenters. The number of aromatic nitrogens is 1. The molecule has 0 radical (unpaired) electrons. The van der Waals surface area contributed by atoms with E-state index in [1.165, 1.54) is 12.1 Å². The molecular weight excluding hydrogens is 245 g/mol. The van der Waals surface area contributed by atoms with Crippen LogP contribution in [0.4, 0.5) is 4.39 Å². The van der Waals surface area contributed by atoms with E-state index >= 15 is 0 Å². The normalized spacial score (nSPS) is 16.9. The van der Waals surface area contributed by atoms with Gasteiger partial charge >= 0.3 is 0 Å². The van der Waals surface area contributed by atoms with Crippen LogP contribution in [0.2, 0.25) is 0 Å². The molecule has 3 rings (SSSR count). The first-order chi connectivity index (χ1) is 9.26.